The van der Waals surface area contributed by atoms with Gasteiger partial charge in [0.15, 0.2) is 18.9 Å². The fourth-order valence-corrected chi connectivity index (χ4v) is 14.9. The SMILES string of the molecule is CC/C=C\C/C=C\C/C=C\C/C=C\C/C=C\CCCCCCCCCCCCCCCCCCCCCC(=O)NC(COC1OC(CO)C(OC2OC(CO)C(OC3OC(CO)C(O)C(O)C3O)C(O)C2O)C(O)C1O)C(O)/C=C/CC/C=C/CC/C=C/CCCCCCCCCCCCCCCCCCCCCCCC. The number of allylic oxidation sites excluding steroid dienone is 15. The maximum Gasteiger partial charge on any atom is 0.220 e. The molecule has 3 fully saturated rings. The van der Waals surface area contributed by atoms with E-state index in [4.69, 9.17) is 28.4 Å². The van der Waals surface area contributed by atoms with E-state index in [1.807, 2.05) is 6.08 Å². The van der Waals surface area contributed by atoms with Gasteiger partial charge in [-0.1, -0.05) is 355 Å². The first-order valence-electron chi connectivity index (χ1n) is 45.5. The van der Waals surface area contributed by atoms with Crippen LogP contribution in [-0.2, 0) is 33.2 Å². The fraction of sp³-hybridized carbons (Fsp3) is 0.817. The molecular formula is C93H165NO18. The summed E-state index contributed by atoms with van der Waals surface area (Å²) >= 11 is 0. The third-order valence-corrected chi connectivity index (χ3v) is 22.1. The molecule has 0 aromatic rings. The predicted octanol–water partition coefficient (Wildman–Crippen LogP) is 17.5. The molecule has 0 spiro atoms. The molecule has 3 rings (SSSR count). The number of carbonyl (C=O) groups excluding carboxylic acids is 1. The lowest BCUT2D eigenvalue weighted by molar-refractivity contribution is -0.379. The maximum atomic E-state index is 13.5. The Kier molecular flexibility index (Phi) is 66.0. The zero-order valence-electron chi connectivity index (χ0n) is 70.1. The van der Waals surface area contributed by atoms with Gasteiger partial charge >= 0.3 is 0 Å². The average Bonchev–Trinajstić information content (AvgIpc) is 0.782. The van der Waals surface area contributed by atoms with Crippen molar-refractivity contribution in [1.82, 2.24) is 5.32 Å². The van der Waals surface area contributed by atoms with Crippen LogP contribution >= 0.6 is 0 Å². The lowest BCUT2D eigenvalue weighted by Crippen LogP contribution is -2.66. The first kappa shape index (κ1) is 103. The van der Waals surface area contributed by atoms with Gasteiger partial charge in [-0.05, 0) is 89.9 Å². The van der Waals surface area contributed by atoms with E-state index >= 15 is 0 Å². The number of ether oxygens (including phenoxy) is 6. The number of nitrogens with one attached hydrogen (secondary N) is 1. The number of rotatable bonds is 73. The average molecular weight is 1590 g/mol. The number of hydrogen-bond donors (Lipinski definition) is 12. The van der Waals surface area contributed by atoms with Crippen LogP contribution in [0.1, 0.15) is 354 Å². The van der Waals surface area contributed by atoms with Crippen molar-refractivity contribution in [2.75, 3.05) is 26.4 Å². The lowest BCUT2D eigenvalue weighted by Gasteiger charge is -2.48. The molecule has 17 atom stereocenters. The number of carbonyl (C=O) groups is 1. The molecule has 112 heavy (non-hydrogen) atoms. The minimum Gasteiger partial charge on any atom is -0.394 e. The van der Waals surface area contributed by atoms with Crippen molar-refractivity contribution in [2.24, 2.45) is 0 Å². The molecule has 0 bridgehead atoms. The summed E-state index contributed by atoms with van der Waals surface area (Å²) in [5.41, 5.74) is 0. The van der Waals surface area contributed by atoms with Crippen LogP contribution in [-0.4, -0.2) is 193 Å². The van der Waals surface area contributed by atoms with E-state index in [0.29, 0.717) is 12.8 Å². The van der Waals surface area contributed by atoms with E-state index < -0.39 is 124 Å². The van der Waals surface area contributed by atoms with E-state index in [2.05, 4.69) is 104 Å². The quantitative estimate of drug-likeness (QED) is 0.0199. The molecule has 12 N–H and O–H groups in total. The molecule has 3 aliphatic rings. The van der Waals surface area contributed by atoms with Crippen LogP contribution in [0, 0.1) is 0 Å². The normalized spacial score (nSPS) is 25.4. The highest BCUT2D eigenvalue weighted by Crippen LogP contribution is 2.33. The second-order valence-corrected chi connectivity index (χ2v) is 32.0. The zero-order valence-corrected chi connectivity index (χ0v) is 70.1. The maximum absolute atomic E-state index is 13.5. The van der Waals surface area contributed by atoms with Gasteiger partial charge in [-0.15, -0.1) is 0 Å². The van der Waals surface area contributed by atoms with Crippen molar-refractivity contribution in [3.8, 4) is 0 Å². The van der Waals surface area contributed by atoms with E-state index in [0.717, 1.165) is 77.0 Å². The summed E-state index contributed by atoms with van der Waals surface area (Å²) in [5, 5.41) is 121. The lowest BCUT2D eigenvalue weighted by atomic mass is 9.96. The Balaban J connectivity index is 1.34. The molecule has 3 aliphatic heterocycles. The molecule has 19 nitrogen and oxygen atoms in total. The van der Waals surface area contributed by atoms with Crippen molar-refractivity contribution in [3.05, 3.63) is 97.2 Å². The van der Waals surface area contributed by atoms with Crippen molar-refractivity contribution in [3.63, 3.8) is 0 Å². The Labute approximate surface area is 679 Å². The molecule has 0 saturated carbocycles. The highest BCUT2D eigenvalue weighted by Gasteiger charge is 2.54. The number of aliphatic hydroxyl groups is 11. The van der Waals surface area contributed by atoms with Crippen LogP contribution in [0.2, 0.25) is 0 Å². The second kappa shape index (κ2) is 71.8. The van der Waals surface area contributed by atoms with Gasteiger partial charge in [0.2, 0.25) is 5.91 Å². The summed E-state index contributed by atoms with van der Waals surface area (Å²) in [7, 11) is 0. The monoisotopic (exact) mass is 1580 g/mol. The number of aliphatic hydroxyl groups excluding tert-OH is 11. The Morgan fingerprint density at radius 2 is 0.625 bits per heavy atom. The molecule has 0 aromatic heterocycles. The highest BCUT2D eigenvalue weighted by atomic mass is 16.8. The van der Waals surface area contributed by atoms with Crippen LogP contribution in [0.3, 0.4) is 0 Å². The van der Waals surface area contributed by atoms with Gasteiger partial charge in [0, 0.05) is 6.42 Å². The van der Waals surface area contributed by atoms with Gasteiger partial charge in [-0.25, -0.2) is 0 Å². The smallest absolute Gasteiger partial charge is 0.220 e. The van der Waals surface area contributed by atoms with Gasteiger partial charge in [-0.2, -0.15) is 0 Å². The Bertz CT molecular complexity index is 2400. The minimum atomic E-state index is -1.99. The topological polar surface area (TPSA) is 307 Å². The number of unbranched alkanes of at least 4 members (excludes halogenated alkanes) is 43. The Hall–Kier alpha value is -3.29. The van der Waals surface area contributed by atoms with Crippen molar-refractivity contribution in [1.29, 1.82) is 0 Å². The third kappa shape index (κ3) is 49.8. The summed E-state index contributed by atoms with van der Waals surface area (Å²) < 4.78 is 34.5. The first-order chi connectivity index (χ1) is 54.8. The Morgan fingerprint density at radius 1 is 0.330 bits per heavy atom. The molecular weight excluding hydrogens is 1420 g/mol. The molecule has 19 heteroatoms. The van der Waals surface area contributed by atoms with Crippen LogP contribution in [0.5, 0.6) is 0 Å². The van der Waals surface area contributed by atoms with E-state index in [9.17, 15) is 61.0 Å². The number of amides is 1. The molecule has 1 amide bonds. The molecule has 0 radical (unpaired) electrons. The fourth-order valence-electron chi connectivity index (χ4n) is 14.9. The summed E-state index contributed by atoms with van der Waals surface area (Å²) in [6.45, 7) is 1.64. The molecule has 3 heterocycles. The van der Waals surface area contributed by atoms with Gasteiger partial charge < -0.3 is 89.9 Å². The van der Waals surface area contributed by atoms with Crippen molar-refractivity contribution < 1.29 is 89.4 Å². The van der Waals surface area contributed by atoms with Crippen molar-refractivity contribution >= 4 is 5.91 Å². The predicted molar refractivity (Wildman–Crippen MR) is 452 cm³/mol. The molecule has 0 aliphatic carbocycles. The standard InChI is InChI=1S/C93H165NO18/c1-3-5-7-9-11-13-15-17-19-21-23-25-27-29-31-33-35-37-38-39-41-43-45-47-49-51-53-55-57-59-61-63-65-67-69-71-81(99)94-76(77(98)70-68-66-64-62-60-58-56-54-52-50-48-46-44-42-40-36-34-32-30-28-26-24-22-20-18-16-14-12-10-8-6-4-2)75-107-91-87(105)84(102)89(79(73-96)109-91)112-93-88(106)85(103)90(80(74-97)110-93)111-92-86(104)83(101)82(100)78(72-95)108-92/h5,7,11,13,17,19,23,25,29,31,52,54,60,62,68,70,76-80,82-93,95-98,100-106H,3-4,6,8-10,12,14-16,18,20-22,24,26-28,30,32-51,53,55-59,61,63-67,69,71-75H2,1-2H3,(H,94,99)/b7-5-,13-11-,19-17-,25-23-,31-29-,54-52+,62-60+,70-68+. The highest BCUT2D eigenvalue weighted by molar-refractivity contribution is 5.76. The molecule has 3 saturated heterocycles. The summed E-state index contributed by atoms with van der Waals surface area (Å²) in [6, 6.07) is -1.00. The minimum absolute atomic E-state index is 0.230. The summed E-state index contributed by atoms with van der Waals surface area (Å²) in [6.07, 6.45) is 72.8. The summed E-state index contributed by atoms with van der Waals surface area (Å²) in [4.78, 5) is 13.5. The van der Waals surface area contributed by atoms with Crippen LogP contribution in [0.4, 0.5) is 0 Å². The zero-order chi connectivity index (χ0) is 81.0. The second-order valence-electron chi connectivity index (χ2n) is 32.0. The van der Waals surface area contributed by atoms with Gasteiger partial charge in [0.25, 0.3) is 0 Å². The van der Waals surface area contributed by atoms with Gasteiger partial charge in [0.05, 0.1) is 38.6 Å². The van der Waals surface area contributed by atoms with Crippen LogP contribution < -0.4 is 5.32 Å². The first-order valence-corrected chi connectivity index (χ1v) is 45.5. The van der Waals surface area contributed by atoms with Crippen molar-refractivity contribution in [2.45, 2.75) is 458 Å². The van der Waals surface area contributed by atoms with Crippen LogP contribution in [0.25, 0.3) is 0 Å². The van der Waals surface area contributed by atoms with E-state index in [1.165, 1.54) is 244 Å². The molecule has 0 aromatic carbocycles. The third-order valence-electron chi connectivity index (χ3n) is 22.1. The van der Waals surface area contributed by atoms with E-state index in [1.54, 1.807) is 6.08 Å². The summed E-state index contributed by atoms with van der Waals surface area (Å²) in [5.74, 6) is -0.287. The van der Waals surface area contributed by atoms with Gasteiger partial charge in [-0.3, -0.25) is 4.79 Å². The molecule has 650 valence electrons. The number of hydrogen-bond acceptors (Lipinski definition) is 18. The van der Waals surface area contributed by atoms with Crippen LogP contribution in [0.15, 0.2) is 97.2 Å². The largest absolute Gasteiger partial charge is 0.394 e. The van der Waals surface area contributed by atoms with E-state index in [-0.39, 0.29) is 18.9 Å². The van der Waals surface area contributed by atoms with Gasteiger partial charge in [0.1, 0.15) is 73.2 Å². The molecule has 17 unspecified atom stereocenters. The Morgan fingerprint density at radius 3 is 1.00 bits per heavy atom.